The van der Waals surface area contributed by atoms with Crippen molar-refractivity contribution >= 4 is 16.3 Å². The first kappa shape index (κ1) is 15.2. The number of benzene rings is 3. The van der Waals surface area contributed by atoms with Gasteiger partial charge in [-0.25, -0.2) is 0 Å². The van der Waals surface area contributed by atoms with E-state index in [9.17, 15) is 0 Å². The van der Waals surface area contributed by atoms with Gasteiger partial charge in [0, 0.05) is 0 Å². The van der Waals surface area contributed by atoms with Crippen molar-refractivity contribution in [2.45, 2.75) is 39.0 Å². The molecule has 24 heavy (non-hydrogen) atoms. The Morgan fingerprint density at radius 1 is 0.792 bits per heavy atom. The van der Waals surface area contributed by atoms with Crippen LogP contribution in [0.1, 0.15) is 48.8 Å². The van der Waals surface area contributed by atoms with Gasteiger partial charge in [0.2, 0.25) is 0 Å². The Kier molecular flexibility index (Phi) is 3.98. The Morgan fingerprint density at radius 3 is 2.38 bits per heavy atom. The normalized spacial score (nSPS) is 18.2. The highest BCUT2D eigenvalue weighted by Crippen LogP contribution is 2.42. The Bertz CT molecular complexity index is 900. The maximum absolute atomic E-state index is 2.34. The van der Waals surface area contributed by atoms with Crippen LogP contribution in [0, 0.1) is 6.92 Å². The van der Waals surface area contributed by atoms with Crippen molar-refractivity contribution < 1.29 is 0 Å². The molecule has 0 saturated heterocycles. The van der Waals surface area contributed by atoms with E-state index in [1.807, 2.05) is 0 Å². The van der Waals surface area contributed by atoms with Crippen molar-refractivity contribution in [3.05, 3.63) is 89.0 Å². The molecule has 120 valence electrons. The van der Waals surface area contributed by atoms with E-state index in [0.717, 1.165) is 6.42 Å². The van der Waals surface area contributed by atoms with Gasteiger partial charge < -0.3 is 0 Å². The van der Waals surface area contributed by atoms with Gasteiger partial charge in [-0.05, 0) is 72.1 Å². The van der Waals surface area contributed by atoms with E-state index >= 15 is 0 Å². The number of aryl methyl sites for hydroxylation is 1. The lowest BCUT2D eigenvalue weighted by Gasteiger charge is -2.28. The highest BCUT2D eigenvalue weighted by atomic mass is 14.3. The Hall–Kier alpha value is -2.34. The molecule has 0 aliphatic heterocycles. The average Bonchev–Trinajstić information content (AvgIpc) is 2.64. The smallest absolute Gasteiger partial charge is 0.0118 e. The number of rotatable bonds is 2. The second kappa shape index (κ2) is 6.28. The van der Waals surface area contributed by atoms with Gasteiger partial charge in [0.1, 0.15) is 0 Å². The lowest BCUT2D eigenvalue weighted by Crippen LogP contribution is -2.08. The van der Waals surface area contributed by atoms with Gasteiger partial charge in [-0.3, -0.25) is 0 Å². The van der Waals surface area contributed by atoms with Crippen LogP contribution in [0.25, 0.3) is 16.3 Å². The predicted octanol–water partition coefficient (Wildman–Crippen LogP) is 6.89. The van der Waals surface area contributed by atoms with Crippen molar-refractivity contribution in [1.82, 2.24) is 0 Å². The van der Waals surface area contributed by atoms with Crippen molar-refractivity contribution in [2.75, 3.05) is 0 Å². The first-order chi connectivity index (χ1) is 11.7. The van der Waals surface area contributed by atoms with E-state index in [1.54, 1.807) is 11.1 Å². The minimum Gasteiger partial charge on any atom is -0.0695 e. The van der Waals surface area contributed by atoms with Crippen molar-refractivity contribution in [3.8, 4) is 0 Å². The van der Waals surface area contributed by atoms with E-state index in [1.165, 1.54) is 40.3 Å². The first-order valence-corrected chi connectivity index (χ1v) is 8.96. The van der Waals surface area contributed by atoms with E-state index in [-0.39, 0.29) is 0 Å². The fourth-order valence-electron chi connectivity index (χ4n) is 4.17. The summed E-state index contributed by atoms with van der Waals surface area (Å²) in [5.41, 5.74) is 7.50. The molecule has 0 amide bonds. The van der Waals surface area contributed by atoms with E-state index < -0.39 is 0 Å². The van der Waals surface area contributed by atoms with Gasteiger partial charge in [0.15, 0.2) is 0 Å². The Morgan fingerprint density at radius 2 is 1.54 bits per heavy atom. The van der Waals surface area contributed by atoms with E-state index in [0.29, 0.717) is 5.92 Å². The molecule has 0 nitrogen and oxygen atoms in total. The topological polar surface area (TPSA) is 0 Å². The molecule has 3 aromatic carbocycles. The fraction of sp³-hybridized carbons (Fsp3) is 0.250. The zero-order valence-electron chi connectivity index (χ0n) is 14.5. The summed E-state index contributed by atoms with van der Waals surface area (Å²) in [5.74, 6) is 0.649. The SMILES string of the molecule is CC1=C(c2ccc3ccccc3c2C)CC(c2ccccc2)CC1. The van der Waals surface area contributed by atoms with Gasteiger partial charge in [-0.1, -0.05) is 72.3 Å². The molecular weight excluding hydrogens is 288 g/mol. The maximum Gasteiger partial charge on any atom is -0.0118 e. The van der Waals surface area contributed by atoms with Gasteiger partial charge in [-0.15, -0.1) is 0 Å². The quantitative estimate of drug-likeness (QED) is 0.483. The Labute approximate surface area is 144 Å². The summed E-state index contributed by atoms with van der Waals surface area (Å²) in [7, 11) is 0. The predicted molar refractivity (Wildman–Crippen MR) is 104 cm³/mol. The minimum atomic E-state index is 0.649. The fourth-order valence-corrected chi connectivity index (χ4v) is 4.17. The summed E-state index contributed by atoms with van der Waals surface area (Å²) in [6.45, 7) is 4.61. The average molecular weight is 312 g/mol. The number of allylic oxidation sites excluding steroid dienone is 2. The van der Waals surface area contributed by atoms with Crippen LogP contribution in [-0.2, 0) is 0 Å². The van der Waals surface area contributed by atoms with E-state index in [4.69, 9.17) is 0 Å². The molecule has 0 heteroatoms. The van der Waals surface area contributed by atoms with Crippen LogP contribution < -0.4 is 0 Å². The lowest BCUT2D eigenvalue weighted by molar-refractivity contribution is 0.610. The molecule has 0 fully saturated rings. The van der Waals surface area contributed by atoms with Crippen molar-refractivity contribution in [1.29, 1.82) is 0 Å². The van der Waals surface area contributed by atoms with Crippen LogP contribution >= 0.6 is 0 Å². The second-order valence-electron chi connectivity index (χ2n) is 7.07. The molecule has 1 unspecified atom stereocenters. The van der Waals surface area contributed by atoms with Crippen LogP contribution in [0.2, 0.25) is 0 Å². The zero-order valence-corrected chi connectivity index (χ0v) is 14.5. The Balaban J connectivity index is 1.76. The van der Waals surface area contributed by atoms with Gasteiger partial charge in [0.05, 0.1) is 0 Å². The second-order valence-corrected chi connectivity index (χ2v) is 7.07. The molecule has 0 heterocycles. The third-order valence-electron chi connectivity index (χ3n) is 5.63. The highest BCUT2D eigenvalue weighted by Gasteiger charge is 2.22. The molecule has 4 rings (SSSR count). The van der Waals surface area contributed by atoms with Gasteiger partial charge >= 0.3 is 0 Å². The van der Waals surface area contributed by atoms with Gasteiger partial charge in [0.25, 0.3) is 0 Å². The third kappa shape index (κ3) is 2.67. The number of hydrogen-bond acceptors (Lipinski definition) is 0. The monoisotopic (exact) mass is 312 g/mol. The van der Waals surface area contributed by atoms with Crippen LogP contribution in [-0.4, -0.2) is 0 Å². The third-order valence-corrected chi connectivity index (χ3v) is 5.63. The number of hydrogen-bond donors (Lipinski definition) is 0. The summed E-state index contributed by atoms with van der Waals surface area (Å²) < 4.78 is 0. The summed E-state index contributed by atoms with van der Waals surface area (Å²) >= 11 is 0. The summed E-state index contributed by atoms with van der Waals surface area (Å²) in [6, 6.07) is 24.4. The molecule has 0 bridgehead atoms. The van der Waals surface area contributed by atoms with Crippen LogP contribution in [0.5, 0.6) is 0 Å². The molecule has 1 aliphatic carbocycles. The minimum absolute atomic E-state index is 0.649. The summed E-state index contributed by atoms with van der Waals surface area (Å²) in [6.07, 6.45) is 3.64. The largest absolute Gasteiger partial charge is 0.0695 e. The molecule has 1 atom stereocenters. The van der Waals surface area contributed by atoms with Crippen molar-refractivity contribution in [2.24, 2.45) is 0 Å². The molecular formula is C24H24. The molecule has 0 aromatic heterocycles. The first-order valence-electron chi connectivity index (χ1n) is 8.96. The van der Waals surface area contributed by atoms with Crippen LogP contribution in [0.15, 0.2) is 72.3 Å². The van der Waals surface area contributed by atoms with E-state index in [2.05, 4.69) is 80.6 Å². The standard InChI is InChI=1S/C24H24/c1-17-12-13-21(19-8-4-3-5-9-19)16-24(17)23-15-14-20-10-6-7-11-22(20)18(23)2/h3-11,14-15,21H,12-13,16H2,1-2H3. The zero-order chi connectivity index (χ0) is 16.5. The summed E-state index contributed by atoms with van der Waals surface area (Å²) in [4.78, 5) is 0. The molecule has 3 aromatic rings. The van der Waals surface area contributed by atoms with Crippen molar-refractivity contribution in [3.63, 3.8) is 0 Å². The van der Waals surface area contributed by atoms with Crippen LogP contribution in [0.3, 0.4) is 0 Å². The molecule has 0 radical (unpaired) electrons. The molecule has 0 N–H and O–H groups in total. The van der Waals surface area contributed by atoms with Gasteiger partial charge in [-0.2, -0.15) is 0 Å². The number of fused-ring (bicyclic) bond motifs is 1. The molecule has 0 spiro atoms. The molecule has 1 aliphatic rings. The molecule has 0 saturated carbocycles. The summed E-state index contributed by atoms with van der Waals surface area (Å²) in [5, 5.41) is 2.73. The highest BCUT2D eigenvalue weighted by molar-refractivity contribution is 5.90. The maximum atomic E-state index is 2.34. The lowest BCUT2D eigenvalue weighted by atomic mass is 9.77. The van der Waals surface area contributed by atoms with Crippen LogP contribution in [0.4, 0.5) is 0 Å².